The molecule has 8 heteroatoms. The van der Waals surface area contributed by atoms with Crippen molar-refractivity contribution in [3.63, 3.8) is 0 Å². The number of ether oxygens (including phenoxy) is 1. The third kappa shape index (κ3) is 6.31. The number of amides is 1. The Bertz CT molecular complexity index is 901. The predicted octanol–water partition coefficient (Wildman–Crippen LogP) is 2.99. The van der Waals surface area contributed by atoms with Gasteiger partial charge in [-0.1, -0.05) is 41.4 Å². The summed E-state index contributed by atoms with van der Waals surface area (Å²) < 4.78 is 32.5. The first-order chi connectivity index (χ1) is 13.2. The fourth-order valence-corrected chi connectivity index (χ4v) is 4.28. The number of nitrogens with one attached hydrogen (secondary N) is 1. The van der Waals surface area contributed by atoms with Gasteiger partial charge in [-0.3, -0.25) is 4.79 Å². The van der Waals surface area contributed by atoms with Crippen molar-refractivity contribution in [1.29, 1.82) is 0 Å². The van der Waals surface area contributed by atoms with Gasteiger partial charge in [0.1, 0.15) is 0 Å². The molecule has 0 bridgehead atoms. The number of sulfonamides is 1. The number of nitrogens with zero attached hydrogens (tertiary/aromatic N) is 1. The maximum atomic E-state index is 13.2. The van der Waals surface area contributed by atoms with Crippen LogP contribution in [-0.2, 0) is 26.1 Å². The Kier molecular flexibility index (Phi) is 8.00. The van der Waals surface area contributed by atoms with Gasteiger partial charge in [-0.2, -0.15) is 4.31 Å². The minimum atomic E-state index is -3.89. The molecule has 0 aromatic heterocycles. The topological polar surface area (TPSA) is 75.7 Å². The summed E-state index contributed by atoms with van der Waals surface area (Å²) in [5.41, 5.74) is 1.81. The molecular formula is C20H25ClN2O4S. The highest BCUT2D eigenvalue weighted by molar-refractivity contribution is 7.89. The van der Waals surface area contributed by atoms with Gasteiger partial charge in [0.25, 0.3) is 0 Å². The van der Waals surface area contributed by atoms with Crippen LogP contribution in [0.1, 0.15) is 18.1 Å². The van der Waals surface area contributed by atoms with E-state index in [1.807, 2.05) is 31.2 Å². The normalized spacial score (nSPS) is 12.8. The lowest BCUT2D eigenvalue weighted by Gasteiger charge is -2.23. The van der Waals surface area contributed by atoms with Crippen molar-refractivity contribution in [1.82, 2.24) is 9.62 Å². The third-order valence-electron chi connectivity index (χ3n) is 4.04. The van der Waals surface area contributed by atoms with Crippen molar-refractivity contribution in [2.45, 2.75) is 31.3 Å². The molecule has 28 heavy (non-hydrogen) atoms. The zero-order chi connectivity index (χ0) is 20.7. The maximum absolute atomic E-state index is 13.2. The van der Waals surface area contributed by atoms with Gasteiger partial charge in [-0.25, -0.2) is 8.42 Å². The van der Waals surface area contributed by atoms with Crippen LogP contribution >= 0.6 is 11.6 Å². The second-order valence-electron chi connectivity index (χ2n) is 6.64. The maximum Gasteiger partial charge on any atom is 0.243 e. The number of aryl methyl sites for hydroxylation is 1. The number of methoxy groups -OCH3 is 1. The Balaban J connectivity index is 2.29. The van der Waals surface area contributed by atoms with E-state index >= 15 is 0 Å². The molecule has 0 saturated carbocycles. The second kappa shape index (κ2) is 10.0. The van der Waals surface area contributed by atoms with Crippen molar-refractivity contribution in [3.05, 3.63) is 64.7 Å². The summed E-state index contributed by atoms with van der Waals surface area (Å²) in [5.74, 6) is -0.394. The second-order valence-corrected chi connectivity index (χ2v) is 9.01. The molecule has 0 unspecified atom stereocenters. The van der Waals surface area contributed by atoms with E-state index in [0.29, 0.717) is 11.6 Å². The highest BCUT2D eigenvalue weighted by Gasteiger charge is 2.27. The fraction of sp³-hybridized carbons (Fsp3) is 0.350. The van der Waals surface area contributed by atoms with Crippen molar-refractivity contribution < 1.29 is 17.9 Å². The number of hydrogen-bond donors (Lipinski definition) is 1. The molecule has 0 spiro atoms. The molecule has 1 atom stereocenters. The highest BCUT2D eigenvalue weighted by atomic mass is 35.5. The van der Waals surface area contributed by atoms with Crippen LogP contribution in [0.3, 0.4) is 0 Å². The van der Waals surface area contributed by atoms with E-state index in [1.54, 1.807) is 6.92 Å². The van der Waals surface area contributed by atoms with Crippen LogP contribution in [0.25, 0.3) is 0 Å². The zero-order valence-electron chi connectivity index (χ0n) is 16.2. The lowest BCUT2D eigenvalue weighted by atomic mass is 10.1. The van der Waals surface area contributed by atoms with Gasteiger partial charge in [0.2, 0.25) is 15.9 Å². The summed E-state index contributed by atoms with van der Waals surface area (Å²) in [7, 11) is -2.35. The average molecular weight is 425 g/mol. The predicted molar refractivity (Wildman–Crippen MR) is 110 cm³/mol. The summed E-state index contributed by atoms with van der Waals surface area (Å²) in [4.78, 5) is 12.5. The van der Waals surface area contributed by atoms with Crippen LogP contribution in [-0.4, -0.2) is 44.9 Å². The molecule has 6 nitrogen and oxygen atoms in total. The molecule has 0 aliphatic heterocycles. The van der Waals surface area contributed by atoms with E-state index < -0.39 is 15.9 Å². The Morgan fingerprint density at radius 3 is 2.50 bits per heavy atom. The number of carbonyl (C=O) groups is 1. The summed E-state index contributed by atoms with van der Waals surface area (Å²) in [6.07, 6.45) is 0. The van der Waals surface area contributed by atoms with E-state index in [-0.39, 0.29) is 24.0 Å². The van der Waals surface area contributed by atoms with Crippen LogP contribution in [0.2, 0.25) is 5.02 Å². The number of rotatable bonds is 9. The molecule has 0 fully saturated rings. The van der Waals surface area contributed by atoms with Crippen LogP contribution in [0.5, 0.6) is 0 Å². The molecule has 0 aliphatic carbocycles. The van der Waals surface area contributed by atoms with Gasteiger partial charge >= 0.3 is 0 Å². The number of halogens is 1. The van der Waals surface area contributed by atoms with Crippen molar-refractivity contribution >= 4 is 27.5 Å². The van der Waals surface area contributed by atoms with Crippen molar-refractivity contribution in [2.24, 2.45) is 0 Å². The third-order valence-corrected chi connectivity index (χ3v) is 6.09. The fourth-order valence-electron chi connectivity index (χ4n) is 2.77. The van der Waals surface area contributed by atoms with Gasteiger partial charge in [0.15, 0.2) is 0 Å². The number of benzene rings is 2. The van der Waals surface area contributed by atoms with Gasteiger partial charge in [-0.15, -0.1) is 0 Å². The molecule has 0 aliphatic rings. The smallest absolute Gasteiger partial charge is 0.243 e. The summed E-state index contributed by atoms with van der Waals surface area (Å²) in [6.45, 7) is 3.85. The quantitative estimate of drug-likeness (QED) is 0.671. The first-order valence-corrected chi connectivity index (χ1v) is 10.6. The Labute approximate surface area is 171 Å². The standard InChI is InChI=1S/C20H25ClN2O4S/c1-15-5-4-6-17(11-15)12-23(13-20(24)22-16(2)14-27-3)28(25,26)19-9-7-18(21)8-10-19/h4-11,16H,12-14H2,1-3H3,(H,22,24)/t16-/m0/s1. The Hall–Kier alpha value is -1.93. The van der Waals surface area contributed by atoms with Crippen molar-refractivity contribution in [3.8, 4) is 0 Å². The number of carbonyl (C=O) groups excluding carboxylic acids is 1. The minimum Gasteiger partial charge on any atom is -0.383 e. The van der Waals surface area contributed by atoms with Crippen LogP contribution in [0, 0.1) is 6.92 Å². The molecule has 0 heterocycles. The van der Waals surface area contributed by atoms with E-state index in [0.717, 1.165) is 11.1 Å². The Morgan fingerprint density at radius 1 is 1.21 bits per heavy atom. The first-order valence-electron chi connectivity index (χ1n) is 8.82. The van der Waals surface area contributed by atoms with Crippen LogP contribution in [0.15, 0.2) is 53.4 Å². The molecular weight excluding hydrogens is 400 g/mol. The molecule has 1 N–H and O–H groups in total. The first kappa shape index (κ1) is 22.4. The molecule has 1 amide bonds. The molecule has 0 radical (unpaired) electrons. The Morgan fingerprint density at radius 2 is 1.89 bits per heavy atom. The van der Waals surface area contributed by atoms with Crippen molar-refractivity contribution in [2.75, 3.05) is 20.3 Å². The number of hydrogen-bond acceptors (Lipinski definition) is 4. The zero-order valence-corrected chi connectivity index (χ0v) is 17.8. The van der Waals surface area contributed by atoms with Gasteiger partial charge in [0, 0.05) is 24.7 Å². The van der Waals surface area contributed by atoms with Crippen LogP contribution in [0.4, 0.5) is 0 Å². The lowest BCUT2D eigenvalue weighted by Crippen LogP contribution is -2.44. The summed E-state index contributed by atoms with van der Waals surface area (Å²) in [5, 5.41) is 3.19. The summed E-state index contributed by atoms with van der Waals surface area (Å²) >= 11 is 5.88. The van der Waals surface area contributed by atoms with Gasteiger partial charge in [0.05, 0.1) is 18.0 Å². The average Bonchev–Trinajstić information content (AvgIpc) is 2.61. The lowest BCUT2D eigenvalue weighted by molar-refractivity contribution is -0.122. The molecule has 0 saturated heterocycles. The largest absolute Gasteiger partial charge is 0.383 e. The minimum absolute atomic E-state index is 0.0821. The van der Waals surface area contributed by atoms with E-state index in [2.05, 4.69) is 5.32 Å². The highest BCUT2D eigenvalue weighted by Crippen LogP contribution is 2.21. The van der Waals surface area contributed by atoms with Gasteiger partial charge in [-0.05, 0) is 43.7 Å². The van der Waals surface area contributed by atoms with E-state index in [4.69, 9.17) is 16.3 Å². The monoisotopic (exact) mass is 424 g/mol. The molecule has 152 valence electrons. The van der Waals surface area contributed by atoms with Gasteiger partial charge < -0.3 is 10.1 Å². The van der Waals surface area contributed by atoms with E-state index in [1.165, 1.54) is 35.7 Å². The van der Waals surface area contributed by atoms with Crippen LogP contribution < -0.4 is 5.32 Å². The SMILES string of the molecule is COC[C@H](C)NC(=O)CN(Cc1cccc(C)c1)S(=O)(=O)c1ccc(Cl)cc1. The molecule has 2 aromatic carbocycles. The van der Waals surface area contributed by atoms with E-state index in [9.17, 15) is 13.2 Å². The molecule has 2 rings (SSSR count). The summed E-state index contributed by atoms with van der Waals surface area (Å²) in [6, 6.07) is 13.2. The molecule has 2 aromatic rings.